The molecule has 0 radical (unpaired) electrons. The lowest BCUT2D eigenvalue weighted by molar-refractivity contribution is 0.115. The molecule has 1 aromatic rings. The molecule has 1 N–H and O–H groups in total. The molecule has 1 fully saturated rings. The van der Waals surface area contributed by atoms with Crippen molar-refractivity contribution in [3.05, 3.63) is 18.1 Å². The van der Waals surface area contributed by atoms with E-state index in [2.05, 4.69) is 27.1 Å². The molecule has 1 atom stereocenters. The Hall–Kier alpha value is -1.20. The maximum absolute atomic E-state index is 5.68. The van der Waals surface area contributed by atoms with Crippen LogP contribution < -0.4 is 10.2 Å². The second kappa shape index (κ2) is 6.66. The summed E-state index contributed by atoms with van der Waals surface area (Å²) in [4.78, 5) is 11.1. The molecule has 5 nitrogen and oxygen atoms in total. The minimum absolute atomic E-state index is 0.347. The Labute approximate surface area is 109 Å². The third-order valence-electron chi connectivity index (χ3n) is 3.18. The quantitative estimate of drug-likeness (QED) is 0.822. The van der Waals surface area contributed by atoms with Crippen molar-refractivity contribution in [1.29, 1.82) is 0 Å². The van der Waals surface area contributed by atoms with E-state index in [1.54, 1.807) is 6.20 Å². The van der Waals surface area contributed by atoms with Gasteiger partial charge in [-0.3, -0.25) is 4.98 Å². The lowest BCUT2D eigenvalue weighted by Gasteiger charge is -2.24. The predicted molar refractivity (Wildman–Crippen MR) is 71.7 cm³/mol. The lowest BCUT2D eigenvalue weighted by atomic mass is 10.2. The Morgan fingerprint density at radius 2 is 2.39 bits per heavy atom. The topological polar surface area (TPSA) is 50.3 Å². The predicted octanol–water partition coefficient (Wildman–Crippen LogP) is 1.20. The summed E-state index contributed by atoms with van der Waals surface area (Å²) < 4.78 is 5.68. The van der Waals surface area contributed by atoms with Crippen LogP contribution in [0.3, 0.4) is 0 Å². The molecule has 0 aromatic carbocycles. The van der Waals surface area contributed by atoms with Crippen molar-refractivity contribution >= 4 is 5.82 Å². The third-order valence-corrected chi connectivity index (χ3v) is 3.18. The molecule has 1 saturated heterocycles. The van der Waals surface area contributed by atoms with Crippen LogP contribution in [-0.2, 0) is 11.3 Å². The van der Waals surface area contributed by atoms with Gasteiger partial charge in [-0.25, -0.2) is 4.98 Å². The Balaban J connectivity index is 2.03. The van der Waals surface area contributed by atoms with Gasteiger partial charge in [0, 0.05) is 32.4 Å². The van der Waals surface area contributed by atoms with Gasteiger partial charge in [-0.1, -0.05) is 0 Å². The maximum Gasteiger partial charge on any atom is 0.147 e. The number of nitrogens with one attached hydrogen (secondary N) is 1. The fourth-order valence-corrected chi connectivity index (χ4v) is 2.23. The third kappa shape index (κ3) is 3.40. The number of likely N-dealkylation sites (N-methyl/N-ethyl adjacent to an activating group) is 1. The molecule has 5 heteroatoms. The Kier molecular flexibility index (Phi) is 4.90. The highest BCUT2D eigenvalue weighted by Gasteiger charge is 2.19. The van der Waals surface area contributed by atoms with E-state index < -0.39 is 0 Å². The molecular weight excluding hydrogens is 228 g/mol. The van der Waals surface area contributed by atoms with Gasteiger partial charge in [-0.2, -0.15) is 0 Å². The number of ether oxygens (including phenoxy) is 1. The van der Waals surface area contributed by atoms with Crippen LogP contribution in [0.2, 0.25) is 0 Å². The molecule has 1 aromatic heterocycles. The molecule has 1 unspecified atom stereocenters. The smallest absolute Gasteiger partial charge is 0.147 e. The number of anilines is 1. The highest BCUT2D eigenvalue weighted by atomic mass is 16.5. The van der Waals surface area contributed by atoms with Crippen molar-refractivity contribution in [1.82, 2.24) is 15.3 Å². The fourth-order valence-electron chi connectivity index (χ4n) is 2.23. The lowest BCUT2D eigenvalue weighted by Crippen LogP contribution is -2.33. The van der Waals surface area contributed by atoms with Crippen LogP contribution in [0.5, 0.6) is 0 Å². The van der Waals surface area contributed by atoms with Gasteiger partial charge in [0.15, 0.2) is 0 Å². The summed E-state index contributed by atoms with van der Waals surface area (Å²) in [6, 6.07) is 0. The normalized spacial score (nSPS) is 19.1. The second-order valence-corrected chi connectivity index (χ2v) is 4.57. The zero-order chi connectivity index (χ0) is 12.8. The van der Waals surface area contributed by atoms with Gasteiger partial charge in [0.1, 0.15) is 5.82 Å². The van der Waals surface area contributed by atoms with Crippen LogP contribution in [0.4, 0.5) is 5.82 Å². The maximum atomic E-state index is 5.68. The average molecular weight is 250 g/mol. The Morgan fingerprint density at radius 3 is 3.06 bits per heavy atom. The average Bonchev–Trinajstić information content (AvgIpc) is 2.89. The van der Waals surface area contributed by atoms with Gasteiger partial charge in [0.2, 0.25) is 0 Å². The number of aromatic nitrogens is 2. The zero-order valence-corrected chi connectivity index (χ0v) is 11.2. The van der Waals surface area contributed by atoms with Gasteiger partial charge in [-0.15, -0.1) is 0 Å². The highest BCUT2D eigenvalue weighted by Crippen LogP contribution is 2.17. The van der Waals surface area contributed by atoms with Gasteiger partial charge in [0.05, 0.1) is 18.0 Å². The van der Waals surface area contributed by atoms with Crippen LogP contribution in [-0.4, -0.2) is 42.8 Å². The minimum atomic E-state index is 0.347. The summed E-state index contributed by atoms with van der Waals surface area (Å²) in [5.74, 6) is 0.945. The summed E-state index contributed by atoms with van der Waals surface area (Å²) in [6.45, 7) is 5.62. The first-order valence-corrected chi connectivity index (χ1v) is 6.65. The van der Waals surface area contributed by atoms with E-state index in [4.69, 9.17) is 4.74 Å². The van der Waals surface area contributed by atoms with Gasteiger partial charge >= 0.3 is 0 Å². The largest absolute Gasteiger partial charge is 0.376 e. The molecule has 1 aliphatic rings. The first-order valence-electron chi connectivity index (χ1n) is 6.65. The SMILES string of the molecule is CCN(CC1CCCO1)c1cncc(CNC)n1. The van der Waals surface area contributed by atoms with E-state index in [0.717, 1.165) is 44.2 Å². The number of rotatable bonds is 6. The van der Waals surface area contributed by atoms with Crippen molar-refractivity contribution in [2.24, 2.45) is 0 Å². The molecule has 0 spiro atoms. The van der Waals surface area contributed by atoms with Gasteiger partial charge in [0.25, 0.3) is 0 Å². The summed E-state index contributed by atoms with van der Waals surface area (Å²) in [7, 11) is 1.91. The molecule has 18 heavy (non-hydrogen) atoms. The minimum Gasteiger partial charge on any atom is -0.376 e. The van der Waals surface area contributed by atoms with E-state index in [0.29, 0.717) is 6.10 Å². The Bertz CT molecular complexity index is 366. The standard InChI is InChI=1S/C13H22N4O/c1-3-17(10-12-5-4-6-18-12)13-9-15-8-11(16-13)7-14-2/h8-9,12,14H,3-7,10H2,1-2H3. The molecule has 1 aliphatic heterocycles. The number of nitrogens with zero attached hydrogens (tertiary/aromatic N) is 3. The summed E-state index contributed by atoms with van der Waals surface area (Å²) in [5.41, 5.74) is 0.973. The van der Waals surface area contributed by atoms with E-state index >= 15 is 0 Å². The first-order chi connectivity index (χ1) is 8.83. The molecule has 100 valence electrons. The molecule has 0 amide bonds. The van der Waals surface area contributed by atoms with Crippen LogP contribution >= 0.6 is 0 Å². The van der Waals surface area contributed by atoms with Crippen LogP contribution in [0.15, 0.2) is 12.4 Å². The highest BCUT2D eigenvalue weighted by molar-refractivity contribution is 5.36. The van der Waals surface area contributed by atoms with Crippen molar-refractivity contribution in [3.8, 4) is 0 Å². The summed E-state index contributed by atoms with van der Waals surface area (Å²) in [5, 5.41) is 3.10. The zero-order valence-electron chi connectivity index (χ0n) is 11.2. The van der Waals surface area contributed by atoms with Crippen LogP contribution in [0, 0.1) is 0 Å². The molecule has 0 bridgehead atoms. The second-order valence-electron chi connectivity index (χ2n) is 4.57. The molecule has 0 saturated carbocycles. The van der Waals surface area contributed by atoms with E-state index in [-0.39, 0.29) is 0 Å². The monoisotopic (exact) mass is 250 g/mol. The molecule has 2 heterocycles. The van der Waals surface area contributed by atoms with Gasteiger partial charge in [-0.05, 0) is 26.8 Å². The van der Waals surface area contributed by atoms with Crippen molar-refractivity contribution in [3.63, 3.8) is 0 Å². The van der Waals surface area contributed by atoms with Crippen LogP contribution in [0.25, 0.3) is 0 Å². The van der Waals surface area contributed by atoms with Crippen molar-refractivity contribution in [2.45, 2.75) is 32.4 Å². The van der Waals surface area contributed by atoms with E-state index in [1.165, 1.54) is 6.42 Å². The number of hydrogen-bond donors (Lipinski definition) is 1. The van der Waals surface area contributed by atoms with Crippen LogP contribution in [0.1, 0.15) is 25.5 Å². The fraction of sp³-hybridized carbons (Fsp3) is 0.692. The summed E-state index contributed by atoms with van der Waals surface area (Å²) in [6.07, 6.45) is 6.31. The van der Waals surface area contributed by atoms with Crippen molar-refractivity contribution in [2.75, 3.05) is 31.6 Å². The van der Waals surface area contributed by atoms with E-state index in [1.807, 2.05) is 13.2 Å². The Morgan fingerprint density at radius 1 is 1.50 bits per heavy atom. The first kappa shape index (κ1) is 13.2. The summed E-state index contributed by atoms with van der Waals surface area (Å²) >= 11 is 0. The van der Waals surface area contributed by atoms with Crippen molar-refractivity contribution < 1.29 is 4.74 Å². The molecule has 2 rings (SSSR count). The van der Waals surface area contributed by atoms with E-state index in [9.17, 15) is 0 Å². The number of hydrogen-bond acceptors (Lipinski definition) is 5. The molecular formula is C13H22N4O. The molecule has 0 aliphatic carbocycles. The van der Waals surface area contributed by atoms with Gasteiger partial charge < -0.3 is 15.0 Å².